The highest BCUT2D eigenvalue weighted by Gasteiger charge is 2.35. The molecule has 33 heavy (non-hydrogen) atoms. The maximum absolute atomic E-state index is 13.5. The Bertz CT molecular complexity index is 1140. The van der Waals surface area contributed by atoms with Gasteiger partial charge in [-0.3, -0.25) is 14.7 Å². The fourth-order valence-electron chi connectivity index (χ4n) is 4.47. The van der Waals surface area contributed by atoms with Gasteiger partial charge in [0.1, 0.15) is 11.6 Å². The fourth-order valence-corrected chi connectivity index (χ4v) is 4.47. The number of carbonyl (C=O) groups is 1. The number of amides is 1. The molecular formula is C26H30F2N4O. The van der Waals surface area contributed by atoms with Crippen LogP contribution in [0.1, 0.15) is 31.5 Å². The van der Waals surface area contributed by atoms with Crippen LogP contribution in [0, 0.1) is 11.6 Å². The predicted octanol–water partition coefficient (Wildman–Crippen LogP) is 4.15. The third-order valence-corrected chi connectivity index (χ3v) is 6.56. The lowest BCUT2D eigenvalue weighted by molar-refractivity contribution is -0.138. The molecule has 0 radical (unpaired) electrons. The maximum atomic E-state index is 13.5. The van der Waals surface area contributed by atoms with E-state index in [1.54, 1.807) is 18.3 Å². The second-order valence-corrected chi connectivity index (χ2v) is 9.26. The van der Waals surface area contributed by atoms with Crippen molar-refractivity contribution in [2.45, 2.75) is 32.1 Å². The first-order valence-corrected chi connectivity index (χ1v) is 11.4. The number of hydrogen-bond acceptors (Lipinski definition) is 4. The van der Waals surface area contributed by atoms with E-state index in [0.29, 0.717) is 24.2 Å². The number of halogens is 2. The third kappa shape index (κ3) is 5.14. The highest BCUT2D eigenvalue weighted by atomic mass is 19.1. The molecular weight excluding hydrogens is 422 g/mol. The van der Waals surface area contributed by atoms with Gasteiger partial charge >= 0.3 is 0 Å². The Balaban J connectivity index is 1.28. The van der Waals surface area contributed by atoms with E-state index >= 15 is 0 Å². The normalized spacial score (nSPS) is 15.2. The van der Waals surface area contributed by atoms with Crippen molar-refractivity contribution >= 4 is 22.4 Å². The van der Waals surface area contributed by atoms with Crippen LogP contribution in [0.3, 0.4) is 0 Å². The summed E-state index contributed by atoms with van der Waals surface area (Å²) in [6.45, 7) is 7.71. The third-order valence-electron chi connectivity index (χ3n) is 6.56. The van der Waals surface area contributed by atoms with E-state index in [2.05, 4.69) is 9.88 Å². The van der Waals surface area contributed by atoms with Crippen molar-refractivity contribution in [3.8, 4) is 0 Å². The molecule has 1 saturated heterocycles. The molecule has 174 valence electrons. The number of pyridine rings is 1. The molecule has 0 saturated carbocycles. The summed E-state index contributed by atoms with van der Waals surface area (Å²) in [6, 6.07) is 10.9. The standard InChI is InChI=1S/C26H30F2N4O/c1-26(2,19-5-7-20(27)8-6-19)25(33)32-12-10-31(11-13-32)9-3-4-22-16-23-18(17-30-22)14-21(28)15-24(23)29/h5-8,14-17H,3-4,9-13,29H2,1-2H3. The minimum absolute atomic E-state index is 0.0724. The van der Waals surface area contributed by atoms with Crippen LogP contribution in [0.5, 0.6) is 0 Å². The molecule has 0 atom stereocenters. The number of fused-ring (bicyclic) bond motifs is 1. The topological polar surface area (TPSA) is 62.5 Å². The molecule has 3 aromatic rings. The second-order valence-electron chi connectivity index (χ2n) is 9.26. The number of piperazine rings is 1. The van der Waals surface area contributed by atoms with E-state index in [-0.39, 0.29) is 17.5 Å². The molecule has 1 aliphatic heterocycles. The second kappa shape index (κ2) is 9.43. The van der Waals surface area contributed by atoms with E-state index in [4.69, 9.17) is 5.73 Å². The SMILES string of the molecule is CC(C)(C(=O)N1CCN(CCCc2cc3c(N)cc(F)cc3cn2)CC1)c1ccc(F)cc1. The molecule has 5 nitrogen and oxygen atoms in total. The molecule has 4 rings (SSSR count). The van der Waals surface area contributed by atoms with Gasteiger partial charge < -0.3 is 10.6 Å². The molecule has 2 aromatic carbocycles. The maximum Gasteiger partial charge on any atom is 0.232 e. The Hall–Kier alpha value is -3.06. The lowest BCUT2D eigenvalue weighted by Gasteiger charge is -2.38. The summed E-state index contributed by atoms with van der Waals surface area (Å²) >= 11 is 0. The first-order chi connectivity index (χ1) is 15.7. The number of carbonyl (C=O) groups excluding carboxylic acids is 1. The molecule has 2 heterocycles. The summed E-state index contributed by atoms with van der Waals surface area (Å²) in [5, 5.41) is 1.54. The van der Waals surface area contributed by atoms with Crippen molar-refractivity contribution < 1.29 is 13.6 Å². The Morgan fingerprint density at radius 3 is 2.42 bits per heavy atom. The molecule has 7 heteroatoms. The molecule has 0 aliphatic carbocycles. The van der Waals surface area contributed by atoms with Gasteiger partial charge in [0.2, 0.25) is 5.91 Å². The summed E-state index contributed by atoms with van der Waals surface area (Å²) in [6.07, 6.45) is 3.43. The van der Waals surface area contributed by atoms with Crippen molar-refractivity contribution in [2.24, 2.45) is 0 Å². The van der Waals surface area contributed by atoms with Gasteiger partial charge in [-0.1, -0.05) is 12.1 Å². The fraction of sp³-hybridized carbons (Fsp3) is 0.385. The summed E-state index contributed by atoms with van der Waals surface area (Å²) in [7, 11) is 0. The molecule has 1 aliphatic rings. The monoisotopic (exact) mass is 452 g/mol. The van der Waals surface area contributed by atoms with Crippen LogP contribution in [-0.4, -0.2) is 53.4 Å². The molecule has 1 amide bonds. The summed E-state index contributed by atoms with van der Waals surface area (Å²) in [5.41, 5.74) is 7.46. The summed E-state index contributed by atoms with van der Waals surface area (Å²) in [5.74, 6) is -0.580. The van der Waals surface area contributed by atoms with Gasteiger partial charge in [-0.2, -0.15) is 0 Å². The van der Waals surface area contributed by atoms with E-state index in [0.717, 1.165) is 49.1 Å². The zero-order valence-electron chi connectivity index (χ0n) is 19.2. The summed E-state index contributed by atoms with van der Waals surface area (Å²) < 4.78 is 26.8. The molecule has 1 aromatic heterocycles. The van der Waals surface area contributed by atoms with E-state index < -0.39 is 5.41 Å². The first-order valence-electron chi connectivity index (χ1n) is 11.4. The zero-order chi connectivity index (χ0) is 23.6. The number of anilines is 1. The Kier molecular flexibility index (Phi) is 6.61. The molecule has 0 spiro atoms. The van der Waals surface area contributed by atoms with Crippen molar-refractivity contribution in [1.29, 1.82) is 0 Å². The Labute approximate surface area is 193 Å². The average Bonchev–Trinajstić information content (AvgIpc) is 2.79. The zero-order valence-corrected chi connectivity index (χ0v) is 19.2. The molecule has 0 unspecified atom stereocenters. The number of aromatic nitrogens is 1. The van der Waals surface area contributed by atoms with E-state index in [9.17, 15) is 13.6 Å². The van der Waals surface area contributed by atoms with Crippen LogP contribution in [0.4, 0.5) is 14.5 Å². The van der Waals surface area contributed by atoms with Crippen LogP contribution in [0.25, 0.3) is 10.8 Å². The van der Waals surface area contributed by atoms with Gasteiger partial charge in [-0.15, -0.1) is 0 Å². The van der Waals surface area contributed by atoms with Gasteiger partial charge in [0.05, 0.1) is 5.41 Å². The average molecular weight is 453 g/mol. The lowest BCUT2D eigenvalue weighted by Crippen LogP contribution is -2.53. The van der Waals surface area contributed by atoms with Crippen molar-refractivity contribution in [2.75, 3.05) is 38.5 Å². The van der Waals surface area contributed by atoms with Crippen LogP contribution in [0.2, 0.25) is 0 Å². The number of nitrogens with zero attached hydrogens (tertiary/aromatic N) is 3. The molecule has 2 N–H and O–H groups in total. The van der Waals surface area contributed by atoms with Gasteiger partial charge in [-0.25, -0.2) is 8.78 Å². The van der Waals surface area contributed by atoms with Crippen molar-refractivity contribution in [3.05, 3.63) is 71.6 Å². The van der Waals surface area contributed by atoms with Crippen LogP contribution in [-0.2, 0) is 16.6 Å². The van der Waals surface area contributed by atoms with Gasteiger partial charge in [-0.05, 0) is 69.1 Å². The number of nitrogen functional groups attached to an aromatic ring is 1. The Morgan fingerprint density at radius 1 is 1.03 bits per heavy atom. The predicted molar refractivity (Wildman–Crippen MR) is 127 cm³/mol. The van der Waals surface area contributed by atoms with Gasteiger partial charge in [0.15, 0.2) is 0 Å². The number of benzene rings is 2. The quantitative estimate of drug-likeness (QED) is 0.571. The first kappa shape index (κ1) is 23.1. The van der Waals surface area contributed by atoms with E-state index in [1.165, 1.54) is 24.3 Å². The van der Waals surface area contributed by atoms with Crippen LogP contribution < -0.4 is 5.73 Å². The smallest absolute Gasteiger partial charge is 0.232 e. The van der Waals surface area contributed by atoms with Crippen molar-refractivity contribution in [3.63, 3.8) is 0 Å². The lowest BCUT2D eigenvalue weighted by atomic mass is 9.83. The number of nitrogens with two attached hydrogens (primary N) is 1. The van der Waals surface area contributed by atoms with Gasteiger partial charge in [0.25, 0.3) is 0 Å². The molecule has 0 bridgehead atoms. The molecule has 1 fully saturated rings. The number of rotatable bonds is 6. The number of aryl methyl sites for hydroxylation is 1. The largest absolute Gasteiger partial charge is 0.398 e. The summed E-state index contributed by atoms with van der Waals surface area (Å²) in [4.78, 5) is 21.9. The minimum Gasteiger partial charge on any atom is -0.398 e. The minimum atomic E-state index is -0.692. The van der Waals surface area contributed by atoms with E-state index in [1.807, 2.05) is 24.8 Å². The highest BCUT2D eigenvalue weighted by Crippen LogP contribution is 2.27. The van der Waals surface area contributed by atoms with Crippen molar-refractivity contribution in [1.82, 2.24) is 14.8 Å². The number of hydrogen-bond donors (Lipinski definition) is 1. The highest BCUT2D eigenvalue weighted by molar-refractivity contribution is 5.92. The van der Waals surface area contributed by atoms with Gasteiger partial charge in [0, 0.05) is 54.5 Å². The van der Waals surface area contributed by atoms with Crippen LogP contribution >= 0.6 is 0 Å². The van der Waals surface area contributed by atoms with Crippen LogP contribution in [0.15, 0.2) is 48.7 Å². The Morgan fingerprint density at radius 2 is 1.73 bits per heavy atom.